The van der Waals surface area contributed by atoms with Crippen molar-refractivity contribution in [3.63, 3.8) is 0 Å². The van der Waals surface area contributed by atoms with Crippen molar-refractivity contribution in [2.75, 3.05) is 0 Å². The molecular formula is C35H45F3P2. The normalized spacial score (nSPS) is 19.6. The van der Waals surface area contributed by atoms with Gasteiger partial charge >= 0.3 is 6.18 Å². The molecule has 0 heterocycles. The first-order chi connectivity index (χ1) is 18.8. The fourth-order valence-electron chi connectivity index (χ4n) is 7.28. The van der Waals surface area contributed by atoms with Crippen LogP contribution < -0.4 is 15.9 Å². The fraction of sp³-hybridized carbons (Fsp3) is 0.486. The van der Waals surface area contributed by atoms with Gasteiger partial charge in [0.15, 0.2) is 0 Å². The Labute approximate surface area is 242 Å². The molecule has 0 aliphatic heterocycles. The molecule has 1 fully saturated rings. The number of halogens is 3. The van der Waals surface area contributed by atoms with Crippen LogP contribution in [0.25, 0.3) is 0 Å². The third-order valence-electron chi connectivity index (χ3n) is 8.54. The zero-order valence-electron chi connectivity index (χ0n) is 25.3. The summed E-state index contributed by atoms with van der Waals surface area (Å²) in [6.07, 6.45) is -0.760. The van der Waals surface area contributed by atoms with Crippen LogP contribution in [-0.4, -0.2) is 17.0 Å². The molecule has 0 nitrogen and oxygen atoms in total. The van der Waals surface area contributed by atoms with Gasteiger partial charge in [0.1, 0.15) is 0 Å². The van der Waals surface area contributed by atoms with E-state index < -0.39 is 19.7 Å². The van der Waals surface area contributed by atoms with Gasteiger partial charge in [-0.1, -0.05) is 109 Å². The highest BCUT2D eigenvalue weighted by molar-refractivity contribution is 7.80. The molecule has 3 unspecified atom stereocenters. The van der Waals surface area contributed by atoms with E-state index in [1.54, 1.807) is 6.92 Å². The number of alkyl halides is 3. The van der Waals surface area contributed by atoms with E-state index in [1.165, 1.54) is 35.8 Å². The maximum Gasteiger partial charge on any atom is 0.416 e. The smallest absolute Gasteiger partial charge is 0.166 e. The summed E-state index contributed by atoms with van der Waals surface area (Å²) in [5, 5.41) is 3.14. The van der Waals surface area contributed by atoms with Gasteiger partial charge in [0.2, 0.25) is 0 Å². The van der Waals surface area contributed by atoms with Gasteiger partial charge in [0.25, 0.3) is 0 Å². The number of benzene rings is 3. The summed E-state index contributed by atoms with van der Waals surface area (Å²) in [4.78, 5) is 0. The summed E-state index contributed by atoms with van der Waals surface area (Å²) in [6, 6.07) is 19.9. The van der Waals surface area contributed by atoms with Crippen LogP contribution in [0.4, 0.5) is 13.2 Å². The molecule has 5 heteroatoms. The van der Waals surface area contributed by atoms with Crippen LogP contribution in [0.2, 0.25) is 0 Å². The van der Waals surface area contributed by atoms with Crippen molar-refractivity contribution in [1.29, 1.82) is 0 Å². The quantitative estimate of drug-likeness (QED) is 0.231. The lowest BCUT2D eigenvalue weighted by molar-refractivity contribution is -0.137. The van der Waals surface area contributed by atoms with Crippen molar-refractivity contribution in [3.05, 3.63) is 88.5 Å². The molecule has 1 aliphatic carbocycles. The van der Waals surface area contributed by atoms with E-state index >= 15 is 0 Å². The van der Waals surface area contributed by atoms with Crippen molar-refractivity contribution in [3.8, 4) is 0 Å². The Morgan fingerprint density at radius 1 is 0.725 bits per heavy atom. The molecule has 0 amide bonds. The first-order valence-corrected chi connectivity index (χ1v) is 17.6. The number of rotatable bonds is 8. The van der Waals surface area contributed by atoms with E-state index in [-0.39, 0.29) is 7.92 Å². The predicted octanol–water partition coefficient (Wildman–Crippen LogP) is 9.96. The third kappa shape index (κ3) is 6.85. The molecule has 1 aliphatic rings. The van der Waals surface area contributed by atoms with Crippen molar-refractivity contribution < 1.29 is 13.2 Å². The molecule has 216 valence electrons. The van der Waals surface area contributed by atoms with Crippen LogP contribution >= 0.6 is 15.8 Å². The van der Waals surface area contributed by atoms with Crippen LogP contribution in [0.1, 0.15) is 87.6 Å². The summed E-state index contributed by atoms with van der Waals surface area (Å²) in [5.41, 5.74) is 5.78. The SMILES string of the molecule is Cc1cc(C)cc(P(c2cc(C)cc(C(F)(F)F)c2)c2ccccc2C2CCCC2[C@@H](C)P(C(C)C)C(C)C)c1. The van der Waals surface area contributed by atoms with E-state index in [4.69, 9.17) is 0 Å². The number of aryl methyl sites for hydroxylation is 3. The monoisotopic (exact) mass is 584 g/mol. The Hall–Kier alpha value is -1.69. The van der Waals surface area contributed by atoms with E-state index in [2.05, 4.69) is 90.9 Å². The van der Waals surface area contributed by atoms with Crippen molar-refractivity contribution >= 4 is 31.8 Å². The van der Waals surface area contributed by atoms with Gasteiger partial charge in [-0.15, -0.1) is 0 Å². The van der Waals surface area contributed by atoms with Gasteiger partial charge in [0.05, 0.1) is 5.56 Å². The lowest BCUT2D eigenvalue weighted by atomic mass is 9.87. The van der Waals surface area contributed by atoms with Crippen LogP contribution in [0.15, 0.2) is 60.7 Å². The highest BCUT2D eigenvalue weighted by Gasteiger charge is 2.39. The lowest BCUT2D eigenvalue weighted by Crippen LogP contribution is -2.29. The third-order valence-corrected chi connectivity index (χ3v) is 14.7. The number of hydrogen-bond acceptors (Lipinski definition) is 0. The maximum absolute atomic E-state index is 14.0. The van der Waals surface area contributed by atoms with Crippen molar-refractivity contribution in [2.45, 2.75) is 104 Å². The van der Waals surface area contributed by atoms with Crippen LogP contribution in [0.3, 0.4) is 0 Å². The van der Waals surface area contributed by atoms with Gasteiger partial charge in [-0.3, -0.25) is 0 Å². The highest BCUT2D eigenvalue weighted by atomic mass is 31.1. The van der Waals surface area contributed by atoms with Crippen LogP contribution in [0.5, 0.6) is 0 Å². The average Bonchev–Trinajstić information content (AvgIpc) is 3.32. The molecular weight excluding hydrogens is 539 g/mol. The summed E-state index contributed by atoms with van der Waals surface area (Å²) in [7, 11) is -1.30. The van der Waals surface area contributed by atoms with E-state index in [1.807, 2.05) is 6.07 Å². The molecule has 0 spiro atoms. The second-order valence-electron chi connectivity index (χ2n) is 12.4. The van der Waals surface area contributed by atoms with Gasteiger partial charge in [-0.2, -0.15) is 13.2 Å². The Bertz CT molecular complexity index is 1280. The molecule has 0 radical (unpaired) electrons. The van der Waals surface area contributed by atoms with Crippen molar-refractivity contribution in [1.82, 2.24) is 0 Å². The highest BCUT2D eigenvalue weighted by Crippen LogP contribution is 2.58. The molecule has 0 N–H and O–H groups in total. The lowest BCUT2D eigenvalue weighted by Gasteiger charge is -2.39. The predicted molar refractivity (Wildman–Crippen MR) is 171 cm³/mol. The van der Waals surface area contributed by atoms with E-state index in [0.717, 1.165) is 28.2 Å². The Morgan fingerprint density at radius 3 is 1.85 bits per heavy atom. The minimum absolute atomic E-state index is 0.131. The van der Waals surface area contributed by atoms with E-state index in [9.17, 15) is 13.2 Å². The Morgan fingerprint density at radius 2 is 1.27 bits per heavy atom. The molecule has 40 heavy (non-hydrogen) atoms. The van der Waals surface area contributed by atoms with Crippen LogP contribution in [-0.2, 0) is 6.18 Å². The maximum atomic E-state index is 14.0. The zero-order valence-corrected chi connectivity index (χ0v) is 27.1. The van der Waals surface area contributed by atoms with Gasteiger partial charge in [-0.25, -0.2) is 0 Å². The molecule has 3 aromatic carbocycles. The second kappa shape index (κ2) is 12.7. The molecule has 3 aromatic rings. The van der Waals surface area contributed by atoms with Gasteiger partial charge in [0, 0.05) is 0 Å². The summed E-state index contributed by atoms with van der Waals surface area (Å²) in [5.74, 6) is 1.05. The molecule has 0 saturated heterocycles. The second-order valence-corrected chi connectivity index (χ2v) is 18.3. The standard InChI is InChI=1S/C35H45F3P2/c1-22(2)39(23(3)4)27(8)31-13-11-14-32(31)33-12-9-10-15-34(33)40(29-18-24(5)16-25(6)19-29)30-20-26(7)17-28(21-30)35(36,37)38/h9-10,12,15-23,27,31-32H,11,13-14H2,1-8H3/t27-,31?,32?,40?/m1/s1. The summed E-state index contributed by atoms with van der Waals surface area (Å²) < 4.78 is 42.1. The van der Waals surface area contributed by atoms with Crippen molar-refractivity contribution in [2.24, 2.45) is 5.92 Å². The molecule has 0 aromatic heterocycles. The minimum Gasteiger partial charge on any atom is -0.166 e. The van der Waals surface area contributed by atoms with E-state index in [0.29, 0.717) is 34.4 Å². The largest absolute Gasteiger partial charge is 0.416 e. The topological polar surface area (TPSA) is 0 Å². The summed E-state index contributed by atoms with van der Waals surface area (Å²) >= 11 is 0. The van der Waals surface area contributed by atoms with Crippen LogP contribution in [0, 0.1) is 26.7 Å². The van der Waals surface area contributed by atoms with Gasteiger partial charge in [-0.05, 0) is 110 Å². The fourth-order valence-corrected chi connectivity index (χ4v) is 14.0. The molecule has 1 saturated carbocycles. The first kappa shape index (κ1) is 31.3. The van der Waals surface area contributed by atoms with Gasteiger partial charge < -0.3 is 0 Å². The zero-order chi connectivity index (χ0) is 29.4. The minimum atomic E-state index is -4.37. The summed E-state index contributed by atoms with van der Waals surface area (Å²) in [6.45, 7) is 18.0. The number of hydrogen-bond donors (Lipinski definition) is 0. The Kier molecular flexibility index (Phi) is 9.90. The molecule has 0 bridgehead atoms. The molecule has 4 rings (SSSR count). The Balaban J connectivity index is 1.90. The molecule has 4 atom stereocenters. The average molecular weight is 585 g/mol. The first-order valence-electron chi connectivity index (χ1n) is 14.7.